The molecular weight excluding hydrogens is 370 g/mol. The number of hydrogen-bond acceptors (Lipinski definition) is 9. The average Bonchev–Trinajstić information content (AvgIpc) is 2.80. The molecule has 2 aliphatic heterocycles. The first-order chi connectivity index (χ1) is 14.3. The van der Waals surface area contributed by atoms with E-state index >= 15 is 0 Å². The molecule has 3 aromatic rings. The Morgan fingerprint density at radius 2 is 1.55 bits per heavy atom. The van der Waals surface area contributed by atoms with Crippen LogP contribution in [0.25, 0.3) is 0 Å². The summed E-state index contributed by atoms with van der Waals surface area (Å²) in [5.41, 5.74) is 0.859. The van der Waals surface area contributed by atoms with Gasteiger partial charge in [-0.15, -0.1) is 0 Å². The number of benzene rings is 1. The Hall–Kier alpha value is -3.62. The van der Waals surface area contributed by atoms with Gasteiger partial charge < -0.3 is 24.6 Å². The quantitative estimate of drug-likeness (QED) is 0.718. The highest BCUT2D eigenvalue weighted by atomic mass is 16.6. The summed E-state index contributed by atoms with van der Waals surface area (Å²) < 4.78 is 11.2. The monoisotopic (exact) mass is 391 g/mol. The van der Waals surface area contributed by atoms with E-state index in [1.807, 2.05) is 30.3 Å². The number of nitrogens with one attached hydrogen (secondary N) is 1. The Bertz CT molecular complexity index is 978. The van der Waals surface area contributed by atoms with Crippen LogP contribution in [0.1, 0.15) is 0 Å². The lowest BCUT2D eigenvalue weighted by Gasteiger charge is -2.35. The maximum Gasteiger partial charge on any atom is 0.229 e. The molecule has 4 heterocycles. The first-order valence-corrected chi connectivity index (χ1v) is 9.62. The molecule has 9 nitrogen and oxygen atoms in total. The van der Waals surface area contributed by atoms with Crippen LogP contribution >= 0.6 is 0 Å². The first-order valence-electron chi connectivity index (χ1n) is 9.62. The van der Waals surface area contributed by atoms with Crippen LogP contribution in [0.4, 0.5) is 23.4 Å². The van der Waals surface area contributed by atoms with Crippen molar-refractivity contribution in [1.29, 1.82) is 0 Å². The third kappa shape index (κ3) is 3.84. The molecule has 5 rings (SSSR count). The number of ether oxygens (including phenoxy) is 2. The highest BCUT2D eigenvalue weighted by molar-refractivity contribution is 5.61. The number of piperazine rings is 1. The second kappa shape index (κ2) is 7.78. The molecule has 9 heteroatoms. The van der Waals surface area contributed by atoms with E-state index in [0.717, 1.165) is 55.1 Å². The van der Waals surface area contributed by atoms with Gasteiger partial charge in [-0.1, -0.05) is 0 Å². The molecule has 0 saturated carbocycles. The summed E-state index contributed by atoms with van der Waals surface area (Å²) >= 11 is 0. The predicted molar refractivity (Wildman–Crippen MR) is 109 cm³/mol. The molecular formula is C20H21N7O2. The minimum absolute atomic E-state index is 0.549. The molecule has 0 amide bonds. The van der Waals surface area contributed by atoms with Gasteiger partial charge in [0.2, 0.25) is 11.9 Å². The lowest BCUT2D eigenvalue weighted by molar-refractivity contribution is 0.171. The van der Waals surface area contributed by atoms with Crippen LogP contribution in [0.5, 0.6) is 11.5 Å². The summed E-state index contributed by atoms with van der Waals surface area (Å²) in [6, 6.07) is 9.50. The third-order valence-electron chi connectivity index (χ3n) is 4.88. The van der Waals surface area contributed by atoms with E-state index in [0.29, 0.717) is 19.2 Å². The van der Waals surface area contributed by atoms with Crippen LogP contribution in [0, 0.1) is 0 Å². The summed E-state index contributed by atoms with van der Waals surface area (Å²) in [7, 11) is 0. The molecule has 2 aromatic heterocycles. The summed E-state index contributed by atoms with van der Waals surface area (Å²) in [5.74, 6) is 3.71. The lowest BCUT2D eigenvalue weighted by atomic mass is 10.2. The molecule has 2 aliphatic rings. The van der Waals surface area contributed by atoms with E-state index < -0.39 is 0 Å². The minimum atomic E-state index is 0.549. The zero-order chi connectivity index (χ0) is 19.5. The number of nitrogens with zero attached hydrogens (tertiary/aromatic N) is 6. The zero-order valence-electron chi connectivity index (χ0n) is 15.9. The van der Waals surface area contributed by atoms with Gasteiger partial charge >= 0.3 is 0 Å². The van der Waals surface area contributed by atoms with Gasteiger partial charge in [0.25, 0.3) is 0 Å². The second-order valence-corrected chi connectivity index (χ2v) is 6.74. The van der Waals surface area contributed by atoms with Crippen LogP contribution in [-0.4, -0.2) is 59.3 Å². The molecule has 1 aromatic carbocycles. The van der Waals surface area contributed by atoms with Crippen LogP contribution in [0.3, 0.4) is 0 Å². The standard InChI is InChI=1S/C20H21N7O2/c1-5-22-20(23-6-1)27-10-8-26(9-11-27)18-4-7-21-19(25-18)24-15-2-3-16-17(14-15)29-13-12-28-16/h1-7,14H,8-13H2,(H,21,24,25). The molecule has 0 atom stereocenters. The normalized spacial score (nSPS) is 15.9. The molecule has 0 radical (unpaired) electrons. The van der Waals surface area contributed by atoms with Crippen molar-refractivity contribution in [1.82, 2.24) is 19.9 Å². The molecule has 0 bridgehead atoms. The Kier molecular flexibility index (Phi) is 4.69. The maximum atomic E-state index is 5.64. The summed E-state index contributed by atoms with van der Waals surface area (Å²) in [4.78, 5) is 22.1. The van der Waals surface area contributed by atoms with E-state index in [9.17, 15) is 0 Å². The SMILES string of the molecule is c1cnc(N2CCN(c3ccnc(Nc4ccc5c(c4)OCCO5)n3)CC2)nc1. The van der Waals surface area contributed by atoms with Crippen molar-refractivity contribution < 1.29 is 9.47 Å². The van der Waals surface area contributed by atoms with Crippen LogP contribution in [0.2, 0.25) is 0 Å². The van der Waals surface area contributed by atoms with Gasteiger partial charge in [-0.3, -0.25) is 0 Å². The molecule has 0 unspecified atom stereocenters. The fraction of sp³-hybridized carbons (Fsp3) is 0.300. The fourth-order valence-electron chi connectivity index (χ4n) is 3.43. The highest BCUT2D eigenvalue weighted by Gasteiger charge is 2.20. The smallest absolute Gasteiger partial charge is 0.229 e. The summed E-state index contributed by atoms with van der Waals surface area (Å²) in [6.45, 7) is 4.52. The minimum Gasteiger partial charge on any atom is -0.486 e. The van der Waals surface area contributed by atoms with Crippen molar-refractivity contribution in [3.05, 3.63) is 48.9 Å². The maximum absolute atomic E-state index is 5.64. The molecule has 0 spiro atoms. The molecule has 148 valence electrons. The van der Waals surface area contributed by atoms with Gasteiger partial charge in [0, 0.05) is 56.5 Å². The lowest BCUT2D eigenvalue weighted by Crippen LogP contribution is -2.47. The van der Waals surface area contributed by atoms with Gasteiger partial charge in [0.15, 0.2) is 11.5 Å². The fourth-order valence-corrected chi connectivity index (χ4v) is 3.43. The van der Waals surface area contributed by atoms with E-state index in [2.05, 4.69) is 35.1 Å². The van der Waals surface area contributed by atoms with Gasteiger partial charge in [0.1, 0.15) is 19.0 Å². The van der Waals surface area contributed by atoms with E-state index in [-0.39, 0.29) is 0 Å². The Morgan fingerprint density at radius 1 is 0.793 bits per heavy atom. The van der Waals surface area contributed by atoms with Gasteiger partial charge in [-0.05, 0) is 24.3 Å². The molecule has 1 fully saturated rings. The van der Waals surface area contributed by atoms with Gasteiger partial charge in [-0.25, -0.2) is 15.0 Å². The largest absolute Gasteiger partial charge is 0.486 e. The number of hydrogen-bond donors (Lipinski definition) is 1. The number of rotatable bonds is 4. The predicted octanol–water partition coefficient (Wildman–Crippen LogP) is 2.11. The van der Waals surface area contributed by atoms with Crippen molar-refractivity contribution in [3.63, 3.8) is 0 Å². The van der Waals surface area contributed by atoms with Crippen molar-refractivity contribution >= 4 is 23.4 Å². The Morgan fingerprint density at radius 3 is 2.38 bits per heavy atom. The number of anilines is 4. The number of fused-ring (bicyclic) bond motifs is 1. The van der Waals surface area contributed by atoms with Crippen LogP contribution in [0.15, 0.2) is 48.9 Å². The Labute approximate surface area is 168 Å². The van der Waals surface area contributed by atoms with E-state index in [1.54, 1.807) is 18.6 Å². The molecule has 29 heavy (non-hydrogen) atoms. The van der Waals surface area contributed by atoms with Crippen molar-refractivity contribution in [2.24, 2.45) is 0 Å². The third-order valence-corrected chi connectivity index (χ3v) is 4.88. The van der Waals surface area contributed by atoms with E-state index in [4.69, 9.17) is 9.47 Å². The van der Waals surface area contributed by atoms with Gasteiger partial charge in [-0.2, -0.15) is 4.98 Å². The summed E-state index contributed by atoms with van der Waals surface area (Å²) in [5, 5.41) is 3.25. The van der Waals surface area contributed by atoms with Crippen molar-refractivity contribution in [3.8, 4) is 11.5 Å². The molecule has 1 saturated heterocycles. The van der Waals surface area contributed by atoms with Crippen molar-refractivity contribution in [2.75, 3.05) is 54.5 Å². The summed E-state index contributed by atoms with van der Waals surface area (Å²) in [6.07, 6.45) is 5.32. The zero-order valence-corrected chi connectivity index (χ0v) is 15.9. The average molecular weight is 391 g/mol. The number of aromatic nitrogens is 4. The van der Waals surface area contributed by atoms with Crippen LogP contribution in [-0.2, 0) is 0 Å². The first kappa shape index (κ1) is 17.5. The van der Waals surface area contributed by atoms with Crippen LogP contribution < -0.4 is 24.6 Å². The topological polar surface area (TPSA) is 88.5 Å². The van der Waals surface area contributed by atoms with E-state index in [1.165, 1.54) is 0 Å². The highest BCUT2D eigenvalue weighted by Crippen LogP contribution is 2.33. The second-order valence-electron chi connectivity index (χ2n) is 6.74. The van der Waals surface area contributed by atoms with Crippen molar-refractivity contribution in [2.45, 2.75) is 0 Å². The Balaban J connectivity index is 1.26. The van der Waals surface area contributed by atoms with Gasteiger partial charge in [0.05, 0.1) is 0 Å². The molecule has 0 aliphatic carbocycles. The molecule has 1 N–H and O–H groups in total.